The highest BCUT2D eigenvalue weighted by Gasteiger charge is 2.50. The zero-order valence-corrected chi connectivity index (χ0v) is 18.8. The van der Waals surface area contributed by atoms with E-state index in [1.165, 1.54) is 19.1 Å². The fraction of sp³-hybridized carbons (Fsp3) is 0.474. The smallest absolute Gasteiger partial charge is 0.303 e. The second kappa shape index (κ2) is 11.6. The van der Waals surface area contributed by atoms with Crippen LogP contribution >= 0.6 is 23.4 Å². The topological polar surface area (TPSA) is 161 Å². The first-order valence-electron chi connectivity index (χ1n) is 9.20. The Balaban J connectivity index is 2.51. The minimum atomic E-state index is -1.21. The fourth-order valence-electron chi connectivity index (χ4n) is 2.98. The normalized spacial score (nSPS) is 24.4. The van der Waals surface area contributed by atoms with Crippen molar-refractivity contribution in [3.8, 4) is 6.07 Å². The molecular formula is C19H19ClN4O7S. The number of hydrogen-bond acceptors (Lipinski definition) is 10. The molecule has 1 heterocycles. The van der Waals surface area contributed by atoms with Crippen LogP contribution < -0.4 is 0 Å². The predicted octanol–water partition coefficient (Wildman–Crippen LogP) is 3.13. The lowest BCUT2D eigenvalue weighted by Crippen LogP contribution is -2.59. The summed E-state index contributed by atoms with van der Waals surface area (Å²) in [7, 11) is 0. The average Bonchev–Trinajstić information content (AvgIpc) is 2.70. The second-order valence-electron chi connectivity index (χ2n) is 6.56. The highest BCUT2D eigenvalue weighted by molar-refractivity contribution is 7.99. The van der Waals surface area contributed by atoms with Gasteiger partial charge in [-0.1, -0.05) is 28.5 Å². The van der Waals surface area contributed by atoms with Crippen LogP contribution in [0.15, 0.2) is 28.2 Å². The molecule has 0 saturated carbocycles. The number of thioether (sulfide) groups is 1. The van der Waals surface area contributed by atoms with Gasteiger partial charge in [-0.05, 0) is 23.7 Å². The van der Waals surface area contributed by atoms with E-state index in [1.807, 2.05) is 6.07 Å². The number of esters is 3. The third-order valence-corrected chi connectivity index (χ3v) is 5.60. The number of carbonyl (C=O) groups excluding carboxylic acids is 3. The van der Waals surface area contributed by atoms with Crippen molar-refractivity contribution in [1.29, 1.82) is 5.26 Å². The quantitative estimate of drug-likeness (QED) is 0.187. The Hall–Kier alpha value is -2.97. The molecule has 0 aliphatic carbocycles. The van der Waals surface area contributed by atoms with Crippen LogP contribution in [0.4, 0.5) is 0 Å². The molecular weight excluding hydrogens is 464 g/mol. The van der Waals surface area contributed by atoms with Crippen LogP contribution in [0.1, 0.15) is 26.3 Å². The first-order valence-corrected chi connectivity index (χ1v) is 10.5. The van der Waals surface area contributed by atoms with Gasteiger partial charge in [0.25, 0.3) is 0 Å². The van der Waals surface area contributed by atoms with Crippen molar-refractivity contribution in [2.24, 2.45) is 5.11 Å². The molecule has 11 nitrogen and oxygen atoms in total. The van der Waals surface area contributed by atoms with Gasteiger partial charge in [0.15, 0.2) is 0 Å². The lowest BCUT2D eigenvalue weighted by atomic mass is 9.97. The van der Waals surface area contributed by atoms with Gasteiger partial charge in [-0.15, -0.1) is 0 Å². The van der Waals surface area contributed by atoms with Crippen molar-refractivity contribution in [3.63, 3.8) is 0 Å². The summed E-state index contributed by atoms with van der Waals surface area (Å²) in [5.74, 6) is -2.02. The molecule has 0 radical (unpaired) electrons. The maximum atomic E-state index is 11.8. The summed E-state index contributed by atoms with van der Waals surface area (Å²) in [5.41, 5.74) is 8.37. The third-order valence-electron chi connectivity index (χ3n) is 4.16. The van der Waals surface area contributed by atoms with Crippen LogP contribution in [-0.4, -0.2) is 54.3 Å². The fourth-order valence-corrected chi connectivity index (χ4v) is 4.45. The van der Waals surface area contributed by atoms with Crippen molar-refractivity contribution in [2.75, 3.05) is 6.61 Å². The van der Waals surface area contributed by atoms with Gasteiger partial charge in [0, 0.05) is 35.6 Å². The standard InChI is InChI=1S/C19H19ClN4O7S/c1-9(25)28-8-14-17(29-10(2)26)16(23-24-22)18(30-11(3)27)19(31-14)32-15-6-13(20)5-4-12(15)7-21/h4-6,14,16-19H,8H2,1-3H3/t14?,16?,17-,18-,19+/m0/s1. The van der Waals surface area contributed by atoms with Crippen molar-refractivity contribution in [3.05, 3.63) is 39.2 Å². The van der Waals surface area contributed by atoms with Crippen molar-refractivity contribution < 1.29 is 33.3 Å². The molecule has 170 valence electrons. The largest absolute Gasteiger partial charge is 0.463 e. The Labute approximate surface area is 192 Å². The molecule has 1 aromatic rings. The van der Waals surface area contributed by atoms with E-state index in [1.54, 1.807) is 6.07 Å². The van der Waals surface area contributed by atoms with Gasteiger partial charge in [0.1, 0.15) is 42.5 Å². The molecule has 0 N–H and O–H groups in total. The summed E-state index contributed by atoms with van der Waals surface area (Å²) < 4.78 is 21.6. The molecule has 2 unspecified atom stereocenters. The van der Waals surface area contributed by atoms with Crippen LogP contribution in [0.2, 0.25) is 5.02 Å². The zero-order chi connectivity index (χ0) is 23.8. The van der Waals surface area contributed by atoms with Gasteiger partial charge >= 0.3 is 17.9 Å². The Morgan fingerprint density at radius 1 is 1.22 bits per heavy atom. The molecule has 1 aliphatic rings. The van der Waals surface area contributed by atoms with E-state index in [0.717, 1.165) is 25.6 Å². The number of azide groups is 1. The molecule has 0 amide bonds. The number of hydrogen-bond donors (Lipinski definition) is 0. The number of halogens is 1. The van der Waals surface area contributed by atoms with Gasteiger partial charge < -0.3 is 18.9 Å². The number of benzene rings is 1. The maximum Gasteiger partial charge on any atom is 0.303 e. The summed E-state index contributed by atoms with van der Waals surface area (Å²) >= 11 is 7.05. The maximum absolute atomic E-state index is 11.8. The van der Waals surface area contributed by atoms with Crippen molar-refractivity contribution in [1.82, 2.24) is 0 Å². The lowest BCUT2D eigenvalue weighted by Gasteiger charge is -2.43. The predicted molar refractivity (Wildman–Crippen MR) is 111 cm³/mol. The molecule has 0 bridgehead atoms. The molecule has 1 saturated heterocycles. The van der Waals surface area contributed by atoms with E-state index in [2.05, 4.69) is 10.0 Å². The van der Waals surface area contributed by atoms with E-state index < -0.39 is 47.7 Å². The number of nitrogens with zero attached hydrogens (tertiary/aromatic N) is 4. The first kappa shape index (κ1) is 25.3. The molecule has 0 aromatic heterocycles. The summed E-state index contributed by atoms with van der Waals surface area (Å²) in [6.45, 7) is 3.16. The second-order valence-corrected chi connectivity index (χ2v) is 8.14. The molecule has 32 heavy (non-hydrogen) atoms. The molecule has 2 rings (SSSR count). The Kier molecular flexibility index (Phi) is 9.16. The number of carbonyl (C=O) groups is 3. The van der Waals surface area contributed by atoms with Crippen LogP contribution in [0.3, 0.4) is 0 Å². The third kappa shape index (κ3) is 6.77. The molecule has 13 heteroatoms. The van der Waals surface area contributed by atoms with Gasteiger partial charge in [0.05, 0.1) is 5.56 Å². The number of nitriles is 1. The summed E-state index contributed by atoms with van der Waals surface area (Å²) in [6.07, 6.45) is -3.46. The molecule has 1 aliphatic heterocycles. The summed E-state index contributed by atoms with van der Waals surface area (Å²) in [6, 6.07) is 5.40. The van der Waals surface area contributed by atoms with E-state index >= 15 is 0 Å². The molecule has 0 spiro atoms. The molecule has 1 fully saturated rings. The molecule has 1 aromatic carbocycles. The minimum absolute atomic E-state index is 0.281. The Morgan fingerprint density at radius 2 is 1.88 bits per heavy atom. The van der Waals surface area contributed by atoms with Gasteiger partial charge in [-0.2, -0.15) is 5.26 Å². The van der Waals surface area contributed by atoms with E-state index in [-0.39, 0.29) is 12.2 Å². The number of rotatable bonds is 7. The SMILES string of the molecule is CC(=O)OCC1O[C@H](Sc2cc(Cl)ccc2C#N)[C@@H](OC(C)=O)C(N=[N+]=[N-])[C@H]1OC(C)=O. The van der Waals surface area contributed by atoms with E-state index in [0.29, 0.717) is 9.92 Å². The van der Waals surface area contributed by atoms with Crippen molar-refractivity contribution >= 4 is 41.3 Å². The minimum Gasteiger partial charge on any atom is -0.463 e. The van der Waals surface area contributed by atoms with Crippen LogP contribution in [0, 0.1) is 11.3 Å². The zero-order valence-electron chi connectivity index (χ0n) is 17.3. The summed E-state index contributed by atoms with van der Waals surface area (Å²) in [5, 5.41) is 13.4. The molecule has 5 atom stereocenters. The van der Waals surface area contributed by atoms with E-state index in [4.69, 9.17) is 36.1 Å². The first-order chi connectivity index (χ1) is 15.2. The van der Waals surface area contributed by atoms with Crippen LogP contribution in [-0.2, 0) is 33.3 Å². The summed E-state index contributed by atoms with van der Waals surface area (Å²) in [4.78, 5) is 38.0. The van der Waals surface area contributed by atoms with E-state index in [9.17, 15) is 19.6 Å². The van der Waals surface area contributed by atoms with Gasteiger partial charge in [0.2, 0.25) is 0 Å². The van der Waals surface area contributed by atoms with Crippen molar-refractivity contribution in [2.45, 2.75) is 55.5 Å². The lowest BCUT2D eigenvalue weighted by molar-refractivity contribution is -0.201. The highest BCUT2D eigenvalue weighted by Crippen LogP contribution is 2.39. The number of ether oxygens (including phenoxy) is 4. The van der Waals surface area contributed by atoms with Crippen LogP contribution in [0.5, 0.6) is 0 Å². The van der Waals surface area contributed by atoms with Gasteiger partial charge in [-0.25, -0.2) is 0 Å². The van der Waals surface area contributed by atoms with Crippen LogP contribution in [0.25, 0.3) is 10.4 Å². The Bertz CT molecular complexity index is 979. The average molecular weight is 483 g/mol. The monoisotopic (exact) mass is 482 g/mol. The highest BCUT2D eigenvalue weighted by atomic mass is 35.5. The Morgan fingerprint density at radius 3 is 2.44 bits per heavy atom. The van der Waals surface area contributed by atoms with Gasteiger partial charge in [-0.3, -0.25) is 14.4 Å².